The van der Waals surface area contributed by atoms with Crippen molar-refractivity contribution in [3.05, 3.63) is 89.5 Å². The number of ether oxygens (including phenoxy) is 2. The van der Waals surface area contributed by atoms with E-state index in [2.05, 4.69) is 19.1 Å². The van der Waals surface area contributed by atoms with Crippen LogP contribution in [-0.2, 0) is 12.6 Å². The van der Waals surface area contributed by atoms with Crippen LogP contribution in [0.15, 0.2) is 72.8 Å². The Balaban J connectivity index is 1.33. The second-order valence-electron chi connectivity index (χ2n) is 8.73. The molecule has 0 atom stereocenters. The van der Waals surface area contributed by atoms with Crippen molar-refractivity contribution in [2.75, 3.05) is 0 Å². The van der Waals surface area contributed by atoms with Crippen LogP contribution >= 0.6 is 0 Å². The third-order valence-electron chi connectivity index (χ3n) is 6.35. The van der Waals surface area contributed by atoms with Gasteiger partial charge in [0.15, 0.2) is 0 Å². The maximum Gasteiger partial charge on any atom is 0.419 e. The van der Waals surface area contributed by atoms with Gasteiger partial charge in [-0.2, -0.15) is 13.2 Å². The number of rotatable bonds is 7. The highest BCUT2D eigenvalue weighted by molar-refractivity contribution is 5.41. The summed E-state index contributed by atoms with van der Waals surface area (Å²) in [5, 5.41) is 0. The molecule has 1 saturated carbocycles. The first-order valence-electron chi connectivity index (χ1n) is 11.6. The lowest BCUT2D eigenvalue weighted by atomic mass is 9.86. The van der Waals surface area contributed by atoms with E-state index in [1.165, 1.54) is 37.5 Å². The van der Waals surface area contributed by atoms with Gasteiger partial charge in [0.25, 0.3) is 0 Å². The quantitative estimate of drug-likeness (QED) is 0.357. The molecule has 1 fully saturated rings. The van der Waals surface area contributed by atoms with E-state index in [0.717, 1.165) is 48.1 Å². The molecular formula is C28H29F3O2. The van der Waals surface area contributed by atoms with Crippen molar-refractivity contribution in [2.24, 2.45) is 5.92 Å². The SMILES string of the molecule is CCC1CCC(Oc2ccc(Cc3ccc(Oc4ccccc4C(F)(F)F)cc3)cc2)CC1. The summed E-state index contributed by atoms with van der Waals surface area (Å²) >= 11 is 0. The molecule has 1 aliphatic carbocycles. The molecule has 174 valence electrons. The van der Waals surface area contributed by atoms with E-state index in [9.17, 15) is 13.2 Å². The van der Waals surface area contributed by atoms with E-state index in [0.29, 0.717) is 11.9 Å². The Bertz CT molecular complexity index is 1020. The number of benzene rings is 3. The zero-order chi connectivity index (χ0) is 23.3. The summed E-state index contributed by atoms with van der Waals surface area (Å²) in [6, 6.07) is 20.6. The van der Waals surface area contributed by atoms with Crippen molar-refractivity contribution in [3.63, 3.8) is 0 Å². The molecule has 4 rings (SSSR count). The fourth-order valence-corrected chi connectivity index (χ4v) is 4.36. The Morgan fingerprint density at radius 2 is 1.33 bits per heavy atom. The molecule has 0 saturated heterocycles. The number of hydrogen-bond acceptors (Lipinski definition) is 2. The van der Waals surface area contributed by atoms with Crippen LogP contribution in [0, 0.1) is 5.92 Å². The highest BCUT2D eigenvalue weighted by Crippen LogP contribution is 2.38. The van der Waals surface area contributed by atoms with Gasteiger partial charge in [-0.15, -0.1) is 0 Å². The third-order valence-corrected chi connectivity index (χ3v) is 6.35. The molecule has 0 spiro atoms. The molecule has 3 aromatic carbocycles. The van der Waals surface area contributed by atoms with Crippen LogP contribution in [0.3, 0.4) is 0 Å². The summed E-state index contributed by atoms with van der Waals surface area (Å²) in [6.45, 7) is 2.26. The predicted octanol–water partition coefficient (Wildman–Crippen LogP) is 8.44. The molecule has 0 aromatic heterocycles. The van der Waals surface area contributed by atoms with E-state index in [1.807, 2.05) is 24.3 Å². The lowest BCUT2D eigenvalue weighted by Crippen LogP contribution is -2.23. The minimum atomic E-state index is -4.46. The fourth-order valence-electron chi connectivity index (χ4n) is 4.36. The zero-order valence-electron chi connectivity index (χ0n) is 18.8. The number of para-hydroxylation sites is 1. The van der Waals surface area contributed by atoms with Crippen LogP contribution < -0.4 is 9.47 Å². The largest absolute Gasteiger partial charge is 0.490 e. The summed E-state index contributed by atoms with van der Waals surface area (Å²) in [6.07, 6.45) is 2.60. The molecule has 0 aliphatic heterocycles. The van der Waals surface area contributed by atoms with E-state index >= 15 is 0 Å². The van der Waals surface area contributed by atoms with Crippen LogP contribution in [0.2, 0.25) is 0 Å². The minimum Gasteiger partial charge on any atom is -0.490 e. The monoisotopic (exact) mass is 454 g/mol. The first-order chi connectivity index (χ1) is 15.9. The molecule has 0 radical (unpaired) electrons. The molecule has 0 N–H and O–H groups in total. The lowest BCUT2D eigenvalue weighted by molar-refractivity contribution is -0.138. The van der Waals surface area contributed by atoms with E-state index in [1.54, 1.807) is 12.1 Å². The molecule has 0 unspecified atom stereocenters. The van der Waals surface area contributed by atoms with Crippen molar-refractivity contribution < 1.29 is 22.6 Å². The minimum absolute atomic E-state index is 0.198. The molecule has 3 aromatic rings. The van der Waals surface area contributed by atoms with Crippen molar-refractivity contribution in [1.82, 2.24) is 0 Å². The van der Waals surface area contributed by atoms with Gasteiger partial charge in [0, 0.05) is 0 Å². The average molecular weight is 455 g/mol. The Morgan fingerprint density at radius 1 is 0.758 bits per heavy atom. The molecule has 1 aliphatic rings. The Morgan fingerprint density at radius 3 is 1.91 bits per heavy atom. The summed E-state index contributed by atoms with van der Waals surface area (Å²) in [5.74, 6) is 1.93. The van der Waals surface area contributed by atoms with E-state index in [4.69, 9.17) is 9.47 Å². The summed E-state index contributed by atoms with van der Waals surface area (Å²) in [4.78, 5) is 0. The molecule has 0 bridgehead atoms. The topological polar surface area (TPSA) is 18.5 Å². The maximum atomic E-state index is 13.2. The Kier molecular flexibility index (Phi) is 7.26. The standard InChI is InChI=1S/C28H29F3O2/c1-2-20-7-13-23(14-8-20)32-24-15-9-21(10-16-24)19-22-11-17-25(18-12-22)33-27-6-4-3-5-26(27)28(29,30)31/h3-6,9-12,15-18,20,23H,2,7-8,13-14,19H2,1H3. The van der Waals surface area contributed by atoms with Gasteiger partial charge in [-0.1, -0.05) is 49.7 Å². The van der Waals surface area contributed by atoms with Gasteiger partial charge >= 0.3 is 6.18 Å². The van der Waals surface area contributed by atoms with Crippen LogP contribution in [0.5, 0.6) is 17.2 Å². The van der Waals surface area contributed by atoms with Crippen molar-refractivity contribution in [2.45, 2.75) is 57.7 Å². The summed E-state index contributed by atoms with van der Waals surface area (Å²) < 4.78 is 51.1. The van der Waals surface area contributed by atoms with Gasteiger partial charge in [-0.3, -0.25) is 0 Å². The van der Waals surface area contributed by atoms with Crippen LogP contribution in [0.1, 0.15) is 55.7 Å². The van der Waals surface area contributed by atoms with Gasteiger partial charge < -0.3 is 9.47 Å². The molecule has 0 amide bonds. The van der Waals surface area contributed by atoms with Crippen LogP contribution in [0.4, 0.5) is 13.2 Å². The molecule has 0 heterocycles. The fraction of sp³-hybridized carbons (Fsp3) is 0.357. The molecular weight excluding hydrogens is 425 g/mol. The molecule has 5 heteroatoms. The van der Waals surface area contributed by atoms with Gasteiger partial charge in [-0.25, -0.2) is 0 Å². The summed E-state index contributed by atoms with van der Waals surface area (Å²) in [5.41, 5.74) is 1.42. The number of hydrogen-bond donors (Lipinski definition) is 0. The number of alkyl halides is 3. The second-order valence-corrected chi connectivity index (χ2v) is 8.73. The highest BCUT2D eigenvalue weighted by Gasteiger charge is 2.34. The summed E-state index contributed by atoms with van der Waals surface area (Å²) in [7, 11) is 0. The average Bonchev–Trinajstić information content (AvgIpc) is 2.82. The second kappa shape index (κ2) is 10.3. The molecule has 33 heavy (non-hydrogen) atoms. The van der Waals surface area contributed by atoms with Crippen LogP contribution in [-0.4, -0.2) is 6.10 Å². The smallest absolute Gasteiger partial charge is 0.419 e. The Hall–Kier alpha value is -2.95. The van der Waals surface area contributed by atoms with E-state index < -0.39 is 11.7 Å². The van der Waals surface area contributed by atoms with Gasteiger partial charge in [0.05, 0.1) is 11.7 Å². The lowest BCUT2D eigenvalue weighted by Gasteiger charge is -2.28. The number of halogens is 3. The highest BCUT2D eigenvalue weighted by atomic mass is 19.4. The van der Waals surface area contributed by atoms with Crippen molar-refractivity contribution >= 4 is 0 Å². The van der Waals surface area contributed by atoms with Gasteiger partial charge in [0.2, 0.25) is 0 Å². The van der Waals surface area contributed by atoms with Crippen LogP contribution in [0.25, 0.3) is 0 Å². The zero-order valence-corrected chi connectivity index (χ0v) is 18.8. The Labute approximate surface area is 193 Å². The first-order valence-corrected chi connectivity index (χ1v) is 11.6. The third kappa shape index (κ3) is 6.31. The van der Waals surface area contributed by atoms with Crippen molar-refractivity contribution in [1.29, 1.82) is 0 Å². The van der Waals surface area contributed by atoms with Gasteiger partial charge in [0.1, 0.15) is 17.2 Å². The first kappa shape index (κ1) is 23.2. The molecule has 2 nitrogen and oxygen atoms in total. The van der Waals surface area contributed by atoms with Gasteiger partial charge in [-0.05, 0) is 85.5 Å². The van der Waals surface area contributed by atoms with Crippen molar-refractivity contribution in [3.8, 4) is 17.2 Å². The van der Waals surface area contributed by atoms with E-state index in [-0.39, 0.29) is 5.75 Å². The maximum absolute atomic E-state index is 13.2. The normalized spacial score (nSPS) is 18.7. The predicted molar refractivity (Wildman–Crippen MR) is 124 cm³/mol.